The summed E-state index contributed by atoms with van der Waals surface area (Å²) in [7, 11) is 0. The van der Waals surface area contributed by atoms with E-state index in [-0.39, 0.29) is 17.6 Å². The molecule has 1 aromatic rings. The Labute approximate surface area is 117 Å². The lowest BCUT2D eigenvalue weighted by atomic mass is 9.88. The molecule has 1 aliphatic carbocycles. The molecule has 0 aliphatic heterocycles. The molecule has 1 saturated carbocycles. The molecule has 0 radical (unpaired) electrons. The first kappa shape index (κ1) is 14.4. The minimum absolute atomic E-state index is 0.120. The monoisotopic (exact) mass is 261 g/mol. The normalized spacial score (nSPS) is 25.8. The van der Waals surface area contributed by atoms with Crippen molar-refractivity contribution in [2.45, 2.75) is 65.5 Å². The number of nitrogens with two attached hydrogens (primary N) is 1. The molecule has 1 aromatic carbocycles. The van der Waals surface area contributed by atoms with Crippen LogP contribution in [0.15, 0.2) is 18.2 Å². The Kier molecular flexibility index (Phi) is 3.91. The van der Waals surface area contributed by atoms with Gasteiger partial charge >= 0.3 is 0 Å². The number of rotatable bonds is 3. The zero-order chi connectivity index (χ0) is 14.2. The Morgan fingerprint density at radius 3 is 2.53 bits per heavy atom. The van der Waals surface area contributed by atoms with Crippen LogP contribution in [-0.4, -0.2) is 12.1 Å². The van der Waals surface area contributed by atoms with Crippen LogP contribution in [0.2, 0.25) is 0 Å². The van der Waals surface area contributed by atoms with E-state index in [1.807, 2.05) is 0 Å². The van der Waals surface area contributed by atoms with Crippen molar-refractivity contribution in [1.82, 2.24) is 0 Å². The number of aryl methyl sites for hydroxylation is 1. The molecule has 2 rings (SSSR count). The van der Waals surface area contributed by atoms with E-state index in [9.17, 15) is 0 Å². The smallest absolute Gasteiger partial charge is 0.122 e. The third-order valence-electron chi connectivity index (χ3n) is 4.53. The summed E-state index contributed by atoms with van der Waals surface area (Å²) in [6.07, 6.45) is 2.34. The van der Waals surface area contributed by atoms with Crippen molar-refractivity contribution in [2.24, 2.45) is 11.1 Å². The molecule has 0 aromatic heterocycles. The minimum atomic E-state index is 0.120. The Hall–Kier alpha value is -1.02. The molecule has 0 saturated heterocycles. The third-order valence-corrected chi connectivity index (χ3v) is 4.53. The van der Waals surface area contributed by atoms with Crippen LogP contribution in [0.3, 0.4) is 0 Å². The number of benzene rings is 1. The van der Waals surface area contributed by atoms with Crippen LogP contribution in [0.25, 0.3) is 0 Å². The van der Waals surface area contributed by atoms with E-state index in [2.05, 4.69) is 52.8 Å². The molecule has 106 valence electrons. The molecule has 2 heteroatoms. The van der Waals surface area contributed by atoms with Gasteiger partial charge in [-0.25, -0.2) is 0 Å². The summed E-state index contributed by atoms with van der Waals surface area (Å²) in [6.45, 7) is 11.0. The van der Waals surface area contributed by atoms with E-state index < -0.39 is 0 Å². The topological polar surface area (TPSA) is 35.2 Å². The molecule has 0 spiro atoms. The maximum atomic E-state index is 6.33. The summed E-state index contributed by atoms with van der Waals surface area (Å²) in [5.41, 5.74) is 9.04. The first-order valence-corrected chi connectivity index (χ1v) is 7.34. The molecule has 0 amide bonds. The number of hydrogen-bond donors (Lipinski definition) is 1. The van der Waals surface area contributed by atoms with Gasteiger partial charge in [-0.3, -0.25) is 0 Å². The van der Waals surface area contributed by atoms with Crippen molar-refractivity contribution in [3.8, 4) is 5.75 Å². The maximum Gasteiger partial charge on any atom is 0.122 e. The predicted octanol–water partition coefficient (Wildman–Crippen LogP) is 4.01. The highest BCUT2D eigenvalue weighted by Gasteiger charge is 2.40. The van der Waals surface area contributed by atoms with Crippen LogP contribution in [0.5, 0.6) is 5.75 Å². The van der Waals surface area contributed by atoms with Gasteiger partial charge in [-0.15, -0.1) is 0 Å². The molecular formula is C17H27NO. The van der Waals surface area contributed by atoms with Crippen molar-refractivity contribution in [3.63, 3.8) is 0 Å². The lowest BCUT2D eigenvalue weighted by Gasteiger charge is -2.27. The van der Waals surface area contributed by atoms with Gasteiger partial charge in [0.25, 0.3) is 0 Å². The van der Waals surface area contributed by atoms with E-state index in [1.54, 1.807) is 0 Å². The van der Waals surface area contributed by atoms with Crippen LogP contribution in [0.1, 0.15) is 57.6 Å². The predicted molar refractivity (Wildman–Crippen MR) is 80.7 cm³/mol. The lowest BCUT2D eigenvalue weighted by molar-refractivity contribution is 0.163. The average Bonchev–Trinajstić information content (AvgIpc) is 2.58. The van der Waals surface area contributed by atoms with Crippen LogP contribution in [0.4, 0.5) is 0 Å². The molecule has 2 nitrogen and oxygen atoms in total. The van der Waals surface area contributed by atoms with Crippen molar-refractivity contribution in [1.29, 1.82) is 0 Å². The molecule has 2 atom stereocenters. The van der Waals surface area contributed by atoms with E-state index in [0.717, 1.165) is 18.6 Å². The SMILES string of the molecule is Cc1ccc(C(C)C)cc1OC1CCC(C)(C)C1N. The fourth-order valence-corrected chi connectivity index (χ4v) is 2.76. The Morgan fingerprint density at radius 2 is 2.00 bits per heavy atom. The summed E-state index contributed by atoms with van der Waals surface area (Å²) in [5.74, 6) is 1.53. The second-order valence-corrected chi connectivity index (χ2v) is 6.89. The third kappa shape index (κ3) is 2.94. The first-order chi connectivity index (χ1) is 8.81. The molecule has 19 heavy (non-hydrogen) atoms. The molecule has 1 fully saturated rings. The van der Waals surface area contributed by atoms with Gasteiger partial charge in [-0.2, -0.15) is 0 Å². The van der Waals surface area contributed by atoms with Gasteiger partial charge in [0.2, 0.25) is 0 Å². The highest BCUT2D eigenvalue weighted by Crippen LogP contribution is 2.38. The maximum absolute atomic E-state index is 6.33. The zero-order valence-electron chi connectivity index (χ0n) is 12.9. The molecule has 0 heterocycles. The molecule has 2 N–H and O–H groups in total. The summed E-state index contributed by atoms with van der Waals surface area (Å²) in [5, 5.41) is 0. The zero-order valence-corrected chi connectivity index (χ0v) is 12.9. The fourth-order valence-electron chi connectivity index (χ4n) is 2.76. The lowest BCUT2D eigenvalue weighted by Crippen LogP contribution is -2.42. The van der Waals surface area contributed by atoms with Gasteiger partial charge in [0.05, 0.1) is 0 Å². The van der Waals surface area contributed by atoms with Crippen molar-refractivity contribution in [3.05, 3.63) is 29.3 Å². The standard InChI is InChI=1S/C17H27NO/c1-11(2)13-7-6-12(3)15(10-13)19-14-8-9-17(4,5)16(14)18/h6-7,10-11,14,16H,8-9,18H2,1-5H3. The Morgan fingerprint density at radius 1 is 1.32 bits per heavy atom. The molecule has 0 bridgehead atoms. The molecule has 1 aliphatic rings. The molecule has 2 unspecified atom stereocenters. The van der Waals surface area contributed by atoms with E-state index in [4.69, 9.17) is 10.5 Å². The van der Waals surface area contributed by atoms with Gasteiger partial charge in [0.15, 0.2) is 0 Å². The van der Waals surface area contributed by atoms with E-state index in [0.29, 0.717) is 5.92 Å². The van der Waals surface area contributed by atoms with Gasteiger partial charge < -0.3 is 10.5 Å². The highest BCUT2D eigenvalue weighted by atomic mass is 16.5. The number of hydrogen-bond acceptors (Lipinski definition) is 2. The van der Waals surface area contributed by atoms with Crippen LogP contribution >= 0.6 is 0 Å². The van der Waals surface area contributed by atoms with Gasteiger partial charge in [-0.1, -0.05) is 39.8 Å². The minimum Gasteiger partial charge on any atom is -0.489 e. The second-order valence-electron chi connectivity index (χ2n) is 6.89. The van der Waals surface area contributed by atoms with Gasteiger partial charge in [0.1, 0.15) is 11.9 Å². The van der Waals surface area contributed by atoms with Gasteiger partial charge in [-0.05, 0) is 48.3 Å². The van der Waals surface area contributed by atoms with Crippen LogP contribution in [0, 0.1) is 12.3 Å². The first-order valence-electron chi connectivity index (χ1n) is 7.34. The Bertz CT molecular complexity index is 451. The summed E-state index contributed by atoms with van der Waals surface area (Å²) in [4.78, 5) is 0. The van der Waals surface area contributed by atoms with Crippen molar-refractivity contribution < 1.29 is 4.74 Å². The summed E-state index contributed by atoms with van der Waals surface area (Å²) >= 11 is 0. The van der Waals surface area contributed by atoms with Gasteiger partial charge in [0, 0.05) is 6.04 Å². The average molecular weight is 261 g/mol. The second kappa shape index (κ2) is 5.16. The summed E-state index contributed by atoms with van der Waals surface area (Å²) < 4.78 is 6.22. The number of ether oxygens (including phenoxy) is 1. The molecular weight excluding hydrogens is 234 g/mol. The van der Waals surface area contributed by atoms with E-state index in [1.165, 1.54) is 11.1 Å². The van der Waals surface area contributed by atoms with E-state index >= 15 is 0 Å². The highest BCUT2D eigenvalue weighted by molar-refractivity contribution is 5.38. The van der Waals surface area contributed by atoms with Crippen LogP contribution in [-0.2, 0) is 0 Å². The van der Waals surface area contributed by atoms with Crippen molar-refractivity contribution >= 4 is 0 Å². The van der Waals surface area contributed by atoms with Crippen molar-refractivity contribution in [2.75, 3.05) is 0 Å². The largest absolute Gasteiger partial charge is 0.489 e. The summed E-state index contributed by atoms with van der Waals surface area (Å²) in [6, 6.07) is 6.63. The quantitative estimate of drug-likeness (QED) is 0.892. The fraction of sp³-hybridized carbons (Fsp3) is 0.647. The van der Waals surface area contributed by atoms with Crippen LogP contribution < -0.4 is 10.5 Å². The Balaban J connectivity index is 2.18.